The zero-order chi connectivity index (χ0) is 28.1. The molecule has 1 unspecified atom stereocenters. The Balaban J connectivity index is 1.78. The van der Waals surface area contributed by atoms with Gasteiger partial charge in [0.2, 0.25) is 5.91 Å². The number of hydrogen-bond donors (Lipinski definition) is 1. The first-order chi connectivity index (χ1) is 18.8. The van der Waals surface area contributed by atoms with E-state index in [0.29, 0.717) is 41.2 Å². The lowest BCUT2D eigenvalue weighted by atomic mass is 10.0. The van der Waals surface area contributed by atoms with E-state index in [9.17, 15) is 19.2 Å². The summed E-state index contributed by atoms with van der Waals surface area (Å²) >= 11 is 0. The van der Waals surface area contributed by atoms with E-state index in [-0.39, 0.29) is 36.3 Å². The van der Waals surface area contributed by atoms with Crippen LogP contribution in [-0.4, -0.2) is 59.2 Å². The van der Waals surface area contributed by atoms with Crippen LogP contribution in [0.25, 0.3) is 10.9 Å². The Morgan fingerprint density at radius 3 is 2.33 bits per heavy atom. The Kier molecular flexibility index (Phi) is 8.73. The van der Waals surface area contributed by atoms with Crippen molar-refractivity contribution < 1.29 is 19.1 Å². The molecule has 10 heteroatoms. The minimum absolute atomic E-state index is 0.0207. The molecule has 2 amide bonds. The number of amides is 2. The minimum atomic E-state index is -0.595. The first kappa shape index (κ1) is 27.9. The highest BCUT2D eigenvalue weighted by Gasteiger charge is 2.25. The van der Waals surface area contributed by atoms with Crippen molar-refractivity contribution in [3.05, 3.63) is 68.4 Å². The molecular weight excluding hydrogens is 500 g/mol. The Bertz CT molecular complexity index is 1470. The number of carbonyl (C=O) groups excluding carboxylic acids is 2. The fraction of sp³-hybridized carbons (Fsp3) is 0.448. The van der Waals surface area contributed by atoms with Gasteiger partial charge in [0.15, 0.2) is 11.5 Å². The number of ether oxygens (including phenoxy) is 2. The predicted octanol–water partition coefficient (Wildman–Crippen LogP) is 2.77. The summed E-state index contributed by atoms with van der Waals surface area (Å²) in [6, 6.07) is 9.96. The van der Waals surface area contributed by atoms with Gasteiger partial charge in [-0.15, -0.1) is 0 Å². The maximum absolute atomic E-state index is 13.8. The van der Waals surface area contributed by atoms with Crippen LogP contribution in [-0.2, 0) is 17.9 Å². The fourth-order valence-corrected chi connectivity index (χ4v) is 5.02. The third-order valence-corrected chi connectivity index (χ3v) is 7.24. The van der Waals surface area contributed by atoms with Gasteiger partial charge in [-0.05, 0) is 56.4 Å². The lowest BCUT2D eigenvalue weighted by Gasteiger charge is -2.33. The van der Waals surface area contributed by atoms with Crippen LogP contribution in [0.1, 0.15) is 55.5 Å². The van der Waals surface area contributed by atoms with Crippen molar-refractivity contribution in [2.24, 2.45) is 0 Å². The first-order valence-electron chi connectivity index (χ1n) is 13.3. The summed E-state index contributed by atoms with van der Waals surface area (Å²) in [5, 5.41) is 3.06. The second-order valence-electron chi connectivity index (χ2n) is 9.87. The van der Waals surface area contributed by atoms with Crippen LogP contribution >= 0.6 is 0 Å². The molecule has 4 rings (SSSR count). The van der Waals surface area contributed by atoms with Gasteiger partial charge in [-0.25, -0.2) is 4.79 Å². The first-order valence-corrected chi connectivity index (χ1v) is 13.3. The average molecular weight is 537 g/mol. The molecule has 0 radical (unpaired) electrons. The van der Waals surface area contributed by atoms with E-state index < -0.39 is 11.2 Å². The van der Waals surface area contributed by atoms with Gasteiger partial charge in [0.05, 0.1) is 31.7 Å². The standard InChI is InChI=1S/C29H36N4O6/c1-5-13-30-27(35)21-11-9-20(10-12-21)17-33-28(36)22-15-24(38-3)25(39-4)16-23(22)32(29(33)37)18-26(34)31-14-7-6-8-19(31)2/h9-12,15-16,19H,5-8,13-14,17-18H2,1-4H3,(H,30,35). The summed E-state index contributed by atoms with van der Waals surface area (Å²) in [4.78, 5) is 54.8. The highest BCUT2D eigenvalue weighted by atomic mass is 16.5. The number of rotatable bonds is 9. The molecule has 2 aromatic carbocycles. The molecule has 0 spiro atoms. The van der Waals surface area contributed by atoms with E-state index in [1.807, 2.05) is 13.8 Å². The van der Waals surface area contributed by atoms with Gasteiger partial charge in [-0.1, -0.05) is 19.1 Å². The van der Waals surface area contributed by atoms with Crippen molar-refractivity contribution in [2.75, 3.05) is 27.3 Å². The van der Waals surface area contributed by atoms with Gasteiger partial charge in [-0.2, -0.15) is 0 Å². The van der Waals surface area contributed by atoms with Crippen LogP contribution < -0.4 is 26.0 Å². The number of fused-ring (bicyclic) bond motifs is 1. The number of benzene rings is 2. The molecule has 0 bridgehead atoms. The smallest absolute Gasteiger partial charge is 0.332 e. The maximum atomic E-state index is 13.8. The number of hydrogen-bond acceptors (Lipinski definition) is 6. The molecule has 0 saturated carbocycles. The van der Waals surface area contributed by atoms with Gasteiger partial charge in [0.1, 0.15) is 6.54 Å². The molecule has 1 aliphatic rings. The molecule has 1 aromatic heterocycles. The van der Waals surface area contributed by atoms with Gasteiger partial charge in [0, 0.05) is 30.8 Å². The number of nitrogens with zero attached hydrogens (tertiary/aromatic N) is 3. The quantitative estimate of drug-likeness (QED) is 0.450. The molecule has 3 aromatic rings. The number of methoxy groups -OCH3 is 2. The van der Waals surface area contributed by atoms with Crippen molar-refractivity contribution in [1.82, 2.24) is 19.4 Å². The van der Waals surface area contributed by atoms with Crippen LogP contribution in [0.4, 0.5) is 0 Å². The van der Waals surface area contributed by atoms with E-state index in [4.69, 9.17) is 9.47 Å². The fourth-order valence-electron chi connectivity index (χ4n) is 5.02. The van der Waals surface area contributed by atoms with Crippen molar-refractivity contribution >= 4 is 22.7 Å². The topological polar surface area (TPSA) is 112 Å². The van der Waals surface area contributed by atoms with Crippen molar-refractivity contribution in [3.8, 4) is 11.5 Å². The summed E-state index contributed by atoms with van der Waals surface area (Å²) < 4.78 is 13.3. The lowest BCUT2D eigenvalue weighted by Crippen LogP contribution is -2.47. The number of nitrogens with one attached hydrogen (secondary N) is 1. The molecule has 1 fully saturated rings. The molecule has 39 heavy (non-hydrogen) atoms. The Morgan fingerprint density at radius 2 is 1.69 bits per heavy atom. The Hall–Kier alpha value is -4.08. The van der Waals surface area contributed by atoms with Crippen LogP contribution in [0.2, 0.25) is 0 Å². The van der Waals surface area contributed by atoms with Crippen LogP contribution in [0.3, 0.4) is 0 Å². The van der Waals surface area contributed by atoms with Crippen molar-refractivity contribution in [1.29, 1.82) is 0 Å². The van der Waals surface area contributed by atoms with Gasteiger partial charge >= 0.3 is 5.69 Å². The van der Waals surface area contributed by atoms with Crippen LogP contribution in [0.15, 0.2) is 46.0 Å². The molecule has 1 atom stereocenters. The van der Waals surface area contributed by atoms with Gasteiger partial charge in [0.25, 0.3) is 11.5 Å². The zero-order valence-electron chi connectivity index (χ0n) is 23.0. The van der Waals surface area contributed by atoms with Crippen LogP contribution in [0, 0.1) is 0 Å². The highest BCUT2D eigenvalue weighted by molar-refractivity contribution is 5.94. The van der Waals surface area contributed by atoms with Crippen molar-refractivity contribution in [3.63, 3.8) is 0 Å². The summed E-state index contributed by atoms with van der Waals surface area (Å²) in [7, 11) is 2.94. The minimum Gasteiger partial charge on any atom is -0.493 e. The SMILES string of the molecule is CCCNC(=O)c1ccc(Cn2c(=O)c3cc(OC)c(OC)cc3n(CC(=O)N3CCCCC3C)c2=O)cc1. The largest absolute Gasteiger partial charge is 0.493 e. The molecule has 10 nitrogen and oxygen atoms in total. The molecular formula is C29H36N4O6. The normalized spacial score (nSPS) is 15.3. The van der Waals surface area contributed by atoms with E-state index in [2.05, 4.69) is 5.32 Å². The van der Waals surface area contributed by atoms with Gasteiger partial charge in [-0.3, -0.25) is 23.5 Å². The predicted molar refractivity (Wildman–Crippen MR) is 149 cm³/mol. The zero-order valence-corrected chi connectivity index (χ0v) is 23.0. The second-order valence-corrected chi connectivity index (χ2v) is 9.87. The molecule has 0 aliphatic carbocycles. The molecule has 1 aliphatic heterocycles. The average Bonchev–Trinajstić information content (AvgIpc) is 2.95. The van der Waals surface area contributed by atoms with E-state index in [1.54, 1.807) is 35.2 Å². The summed E-state index contributed by atoms with van der Waals surface area (Å²) in [5.74, 6) is 0.344. The summed E-state index contributed by atoms with van der Waals surface area (Å²) in [5.41, 5.74) is 0.371. The molecule has 208 valence electrons. The Labute approximate surface area is 227 Å². The van der Waals surface area contributed by atoms with Gasteiger partial charge < -0.3 is 19.7 Å². The van der Waals surface area contributed by atoms with E-state index in [0.717, 1.165) is 30.3 Å². The second kappa shape index (κ2) is 12.2. The Morgan fingerprint density at radius 1 is 1.00 bits per heavy atom. The van der Waals surface area contributed by atoms with Crippen molar-refractivity contribution in [2.45, 2.75) is 58.7 Å². The van der Waals surface area contributed by atoms with E-state index >= 15 is 0 Å². The number of likely N-dealkylation sites (tertiary alicyclic amines) is 1. The number of carbonyl (C=O) groups is 2. The molecule has 1 saturated heterocycles. The maximum Gasteiger partial charge on any atom is 0.332 e. The third kappa shape index (κ3) is 5.84. The number of aromatic nitrogens is 2. The summed E-state index contributed by atoms with van der Waals surface area (Å²) in [6.07, 6.45) is 3.73. The number of piperidine rings is 1. The third-order valence-electron chi connectivity index (χ3n) is 7.24. The van der Waals surface area contributed by atoms with E-state index in [1.165, 1.54) is 24.9 Å². The molecule has 1 N–H and O–H groups in total. The monoisotopic (exact) mass is 536 g/mol. The molecule has 2 heterocycles. The summed E-state index contributed by atoms with van der Waals surface area (Å²) in [6.45, 7) is 4.99. The van der Waals surface area contributed by atoms with Crippen LogP contribution in [0.5, 0.6) is 11.5 Å². The highest BCUT2D eigenvalue weighted by Crippen LogP contribution is 2.30. The lowest BCUT2D eigenvalue weighted by molar-refractivity contribution is -0.135.